The minimum Gasteiger partial charge on any atom is -0.471 e. The fourth-order valence-electron chi connectivity index (χ4n) is 3.25. The molecule has 1 aromatic heterocycles. The van der Waals surface area contributed by atoms with Crippen LogP contribution in [0, 0.1) is 0 Å². The number of hydrogen-bond donors (Lipinski definition) is 1. The average molecular weight is 455 g/mol. The Hall–Kier alpha value is -3.59. The van der Waals surface area contributed by atoms with Gasteiger partial charge in [0.25, 0.3) is 0 Å². The van der Waals surface area contributed by atoms with Gasteiger partial charge in [-0.2, -0.15) is 0 Å². The number of aromatic nitrogens is 1. The number of methoxy groups -OCH3 is 1. The molecule has 0 aliphatic carbocycles. The number of esters is 1. The number of carbonyl (C=O) groups excluding carboxylic acids is 1. The molecule has 9 heteroatoms. The first-order valence-electron chi connectivity index (χ1n) is 9.85. The van der Waals surface area contributed by atoms with Crippen LogP contribution in [-0.2, 0) is 19.3 Å². The number of carbonyl (C=O) groups is 1. The molecule has 1 N–H and O–H groups in total. The van der Waals surface area contributed by atoms with E-state index in [0.717, 1.165) is 17.6 Å². The Kier molecular flexibility index (Phi) is 5.75. The van der Waals surface area contributed by atoms with Gasteiger partial charge in [0.15, 0.2) is 9.84 Å². The highest BCUT2D eigenvalue weighted by Crippen LogP contribution is 2.30. The van der Waals surface area contributed by atoms with Gasteiger partial charge in [-0.3, -0.25) is 0 Å². The molecule has 1 aliphatic heterocycles. The first-order chi connectivity index (χ1) is 15.2. The fourth-order valence-corrected chi connectivity index (χ4v) is 3.88. The second kappa shape index (κ2) is 8.51. The molecule has 166 valence electrons. The number of nitrogens with zero attached hydrogens (tertiary/aromatic N) is 1. The van der Waals surface area contributed by atoms with Crippen LogP contribution in [0.5, 0.6) is 11.5 Å². The van der Waals surface area contributed by atoms with Crippen molar-refractivity contribution in [1.82, 2.24) is 4.98 Å². The van der Waals surface area contributed by atoms with Crippen molar-refractivity contribution in [2.45, 2.75) is 17.9 Å². The lowest BCUT2D eigenvalue weighted by atomic mass is 10.1. The van der Waals surface area contributed by atoms with E-state index in [2.05, 4.69) is 9.98 Å². The number of rotatable bonds is 6. The van der Waals surface area contributed by atoms with E-state index < -0.39 is 15.8 Å². The van der Waals surface area contributed by atoms with Gasteiger partial charge in [-0.15, -0.1) is 0 Å². The van der Waals surface area contributed by atoms with Gasteiger partial charge in [-0.1, -0.05) is 0 Å². The maximum atomic E-state index is 12.2. The largest absolute Gasteiger partial charge is 0.471 e. The van der Waals surface area contributed by atoms with Gasteiger partial charge in [0.1, 0.15) is 23.3 Å². The smallest absolute Gasteiger partial charge is 0.338 e. The maximum absolute atomic E-state index is 12.2. The van der Waals surface area contributed by atoms with Crippen LogP contribution in [0.2, 0.25) is 0 Å². The summed E-state index contributed by atoms with van der Waals surface area (Å²) < 4.78 is 39.8. The minimum atomic E-state index is -3.31. The second-order valence-corrected chi connectivity index (χ2v) is 9.46. The number of sulfone groups is 1. The van der Waals surface area contributed by atoms with Crippen LogP contribution < -0.4 is 4.74 Å². The summed E-state index contributed by atoms with van der Waals surface area (Å²) in [5.74, 6) is 0.873. The van der Waals surface area contributed by atoms with Crippen LogP contribution in [0.25, 0.3) is 11.3 Å². The van der Waals surface area contributed by atoms with Crippen molar-refractivity contribution in [2.24, 2.45) is 4.99 Å². The number of benzene rings is 2. The molecule has 32 heavy (non-hydrogen) atoms. The molecule has 0 amide bonds. The van der Waals surface area contributed by atoms with Crippen LogP contribution in [0.15, 0.2) is 64.5 Å². The highest BCUT2D eigenvalue weighted by molar-refractivity contribution is 7.90. The summed E-state index contributed by atoms with van der Waals surface area (Å²) in [5, 5.41) is 0. The van der Waals surface area contributed by atoms with Gasteiger partial charge in [0.05, 0.1) is 24.1 Å². The Morgan fingerprint density at radius 1 is 1.06 bits per heavy atom. The van der Waals surface area contributed by atoms with Gasteiger partial charge in [-0.25, -0.2) is 18.2 Å². The summed E-state index contributed by atoms with van der Waals surface area (Å²) >= 11 is 0. The Bertz CT molecular complexity index is 1290. The zero-order valence-corrected chi connectivity index (χ0v) is 18.6. The van der Waals surface area contributed by atoms with E-state index in [0.29, 0.717) is 35.1 Å². The minimum absolute atomic E-state index is 0.0356. The molecule has 0 radical (unpaired) electrons. The zero-order valence-electron chi connectivity index (χ0n) is 17.8. The molecule has 3 aromatic rings. The normalized spacial score (nSPS) is 15.7. The van der Waals surface area contributed by atoms with Gasteiger partial charge in [-0.05, 0) is 61.5 Å². The molecule has 0 spiro atoms. The zero-order chi connectivity index (χ0) is 22.9. The average Bonchev–Trinajstić information content (AvgIpc) is 3.42. The van der Waals surface area contributed by atoms with Crippen molar-refractivity contribution in [3.8, 4) is 22.8 Å². The highest BCUT2D eigenvalue weighted by Gasteiger charge is 2.19. The summed E-state index contributed by atoms with van der Waals surface area (Å²) in [5.41, 5.74) is 2.50. The molecular formula is C23H22N2O6S. The van der Waals surface area contributed by atoms with Crippen LogP contribution >= 0.6 is 0 Å². The highest BCUT2D eigenvalue weighted by atomic mass is 32.2. The van der Waals surface area contributed by atoms with Crippen LogP contribution in [0.4, 0.5) is 0 Å². The molecule has 8 nitrogen and oxygen atoms in total. The van der Waals surface area contributed by atoms with E-state index in [-0.39, 0.29) is 11.0 Å². The van der Waals surface area contributed by atoms with E-state index in [1.807, 2.05) is 19.1 Å². The summed E-state index contributed by atoms with van der Waals surface area (Å²) in [7, 11) is -2.00. The molecule has 2 heterocycles. The van der Waals surface area contributed by atoms with Crippen molar-refractivity contribution in [3.05, 3.63) is 65.9 Å². The number of hydrogen-bond acceptors (Lipinski definition) is 7. The lowest BCUT2D eigenvalue weighted by Crippen LogP contribution is -2.08. The van der Waals surface area contributed by atoms with Crippen LogP contribution in [0.3, 0.4) is 0 Å². The molecule has 1 atom stereocenters. The van der Waals surface area contributed by atoms with E-state index in [1.54, 1.807) is 30.3 Å². The number of aliphatic imine (C=N–C) groups is 1. The standard InChI is InChI=1S/C23H22N2O6S/c1-14-13-24-22(30-14)21-9-8-20(25-21)15-10-16(23(26)29-2)12-18(11-15)31-17-4-6-19(7-5-17)32(3,27)28/h4-12,14,25H,13H2,1-3H3/t14-/m0/s1. The quantitative estimate of drug-likeness (QED) is 0.567. The summed E-state index contributed by atoms with van der Waals surface area (Å²) in [4.78, 5) is 20.0. The van der Waals surface area contributed by atoms with Crippen LogP contribution in [0.1, 0.15) is 23.0 Å². The van der Waals surface area contributed by atoms with Gasteiger partial charge in [0, 0.05) is 17.5 Å². The van der Waals surface area contributed by atoms with E-state index in [9.17, 15) is 13.2 Å². The Labute approximate surface area is 185 Å². The third-order valence-electron chi connectivity index (χ3n) is 4.85. The Morgan fingerprint density at radius 3 is 2.41 bits per heavy atom. The molecular weight excluding hydrogens is 432 g/mol. The third kappa shape index (κ3) is 4.67. The van der Waals surface area contributed by atoms with Crippen molar-refractivity contribution < 1.29 is 27.4 Å². The van der Waals surface area contributed by atoms with E-state index in [4.69, 9.17) is 14.2 Å². The predicted molar refractivity (Wildman–Crippen MR) is 119 cm³/mol. The number of H-pyrrole nitrogens is 1. The SMILES string of the molecule is COC(=O)c1cc(Oc2ccc(S(C)(=O)=O)cc2)cc(-c2ccc(C3=NC[C@H](C)O3)[nH]2)c1. The van der Waals surface area contributed by atoms with Crippen molar-refractivity contribution >= 4 is 21.7 Å². The molecule has 0 saturated carbocycles. The van der Waals surface area contributed by atoms with Gasteiger partial charge in [0.2, 0.25) is 5.90 Å². The van der Waals surface area contributed by atoms with Crippen molar-refractivity contribution in [1.29, 1.82) is 0 Å². The first kappa shape index (κ1) is 21.6. The summed E-state index contributed by atoms with van der Waals surface area (Å²) in [6.07, 6.45) is 1.18. The molecule has 2 aromatic carbocycles. The Balaban J connectivity index is 1.66. The molecule has 0 unspecified atom stereocenters. The second-order valence-electron chi connectivity index (χ2n) is 7.44. The predicted octanol–water partition coefficient (Wildman–Crippen LogP) is 3.83. The molecule has 0 fully saturated rings. The van der Waals surface area contributed by atoms with E-state index >= 15 is 0 Å². The maximum Gasteiger partial charge on any atom is 0.338 e. The number of nitrogens with one attached hydrogen (secondary N) is 1. The first-order valence-corrected chi connectivity index (χ1v) is 11.7. The van der Waals surface area contributed by atoms with Crippen molar-refractivity contribution in [3.63, 3.8) is 0 Å². The summed E-state index contributed by atoms with van der Waals surface area (Å²) in [6.45, 7) is 2.56. The van der Waals surface area contributed by atoms with Crippen LogP contribution in [-0.4, -0.2) is 51.3 Å². The van der Waals surface area contributed by atoms with Crippen molar-refractivity contribution in [2.75, 3.05) is 19.9 Å². The molecule has 0 saturated heterocycles. The fraction of sp³-hybridized carbons (Fsp3) is 0.217. The lowest BCUT2D eigenvalue weighted by molar-refractivity contribution is 0.0600. The Morgan fingerprint density at radius 2 is 1.78 bits per heavy atom. The molecule has 4 rings (SSSR count). The molecule has 0 bridgehead atoms. The topological polar surface area (TPSA) is 107 Å². The van der Waals surface area contributed by atoms with Gasteiger partial charge < -0.3 is 19.2 Å². The summed E-state index contributed by atoms with van der Waals surface area (Å²) in [6, 6.07) is 14.8. The third-order valence-corrected chi connectivity index (χ3v) is 5.98. The monoisotopic (exact) mass is 454 g/mol. The number of aromatic amines is 1. The lowest BCUT2D eigenvalue weighted by Gasteiger charge is -2.10. The molecule has 1 aliphatic rings. The van der Waals surface area contributed by atoms with E-state index in [1.165, 1.54) is 19.2 Å². The van der Waals surface area contributed by atoms with Gasteiger partial charge >= 0.3 is 5.97 Å². The number of ether oxygens (including phenoxy) is 3.